The number of rotatable bonds is 14. The number of hydrogen-bond acceptors (Lipinski definition) is 9. The van der Waals surface area contributed by atoms with E-state index in [-0.39, 0.29) is 6.42 Å². The van der Waals surface area contributed by atoms with Crippen molar-refractivity contribution in [2.24, 2.45) is 0 Å². The summed E-state index contributed by atoms with van der Waals surface area (Å²) < 4.78 is 34.3. The predicted octanol–water partition coefficient (Wildman–Crippen LogP) is 7.97. The van der Waals surface area contributed by atoms with E-state index < -0.39 is 23.0 Å². The Morgan fingerprint density at radius 2 is 1.61 bits per heavy atom. The molecule has 3 aromatic carbocycles. The first kappa shape index (κ1) is 35.0. The number of aryl methyl sites for hydroxylation is 1. The minimum Gasteiger partial charge on any atom is -0.379 e. The summed E-state index contributed by atoms with van der Waals surface area (Å²) in [6.07, 6.45) is 7.01. The molecule has 0 amide bonds. The molecule has 5 aromatic rings. The third-order valence-electron chi connectivity index (χ3n) is 9.37. The number of nitrogens with zero attached hydrogens (tertiary/aromatic N) is 5. The van der Waals surface area contributed by atoms with Gasteiger partial charge in [-0.25, -0.2) is 23.7 Å². The van der Waals surface area contributed by atoms with E-state index in [1.807, 2.05) is 30.3 Å². The number of morpholine rings is 1. The van der Waals surface area contributed by atoms with Gasteiger partial charge in [0.15, 0.2) is 5.78 Å². The smallest absolute Gasteiger partial charge is 0.227 e. The molecule has 0 radical (unpaired) electrons. The van der Waals surface area contributed by atoms with E-state index in [1.54, 1.807) is 23.6 Å². The fraction of sp³-hybridized carbons (Fsp3) is 0.350. The van der Waals surface area contributed by atoms with Crippen LogP contribution in [0.25, 0.3) is 21.8 Å². The number of aromatic nitrogens is 3. The molecule has 8 nitrogen and oxygen atoms in total. The van der Waals surface area contributed by atoms with Crippen LogP contribution >= 0.6 is 11.3 Å². The Hall–Kier alpha value is -4.42. The molecule has 0 spiro atoms. The molecule has 0 bridgehead atoms. The molecule has 2 saturated heterocycles. The number of thiazole rings is 1. The van der Waals surface area contributed by atoms with Gasteiger partial charge in [-0.2, -0.15) is 0 Å². The van der Waals surface area contributed by atoms with Crippen molar-refractivity contribution in [2.75, 3.05) is 51.3 Å². The van der Waals surface area contributed by atoms with Crippen LogP contribution < -0.4 is 5.32 Å². The van der Waals surface area contributed by atoms with E-state index in [9.17, 15) is 13.6 Å². The SMILES string of the molecule is O=C(Cc1cccc(-c2nc(CCCCN3CCOCC3)sc2-c2ccnc(Nc3cccc(CN4CCCC4)c3)n2)c1)c1c(F)cccc1F. The fourth-order valence-electron chi connectivity index (χ4n) is 6.76. The van der Waals surface area contributed by atoms with Crippen molar-refractivity contribution in [3.8, 4) is 21.8 Å². The van der Waals surface area contributed by atoms with Crippen molar-refractivity contribution in [2.45, 2.75) is 45.1 Å². The molecule has 51 heavy (non-hydrogen) atoms. The van der Waals surface area contributed by atoms with Crippen molar-refractivity contribution in [1.29, 1.82) is 0 Å². The van der Waals surface area contributed by atoms with E-state index in [0.717, 1.165) is 116 Å². The van der Waals surface area contributed by atoms with Gasteiger partial charge in [-0.1, -0.05) is 36.4 Å². The zero-order valence-electron chi connectivity index (χ0n) is 28.6. The van der Waals surface area contributed by atoms with Crippen molar-refractivity contribution < 1.29 is 18.3 Å². The number of carbonyl (C=O) groups excluding carboxylic acids is 1. The van der Waals surface area contributed by atoms with Gasteiger partial charge < -0.3 is 10.1 Å². The molecular formula is C40H42F2N6O2S. The second kappa shape index (κ2) is 16.7. The van der Waals surface area contributed by atoms with E-state index in [2.05, 4.69) is 38.3 Å². The average Bonchev–Trinajstić information content (AvgIpc) is 3.81. The van der Waals surface area contributed by atoms with Gasteiger partial charge in [0.2, 0.25) is 5.95 Å². The molecule has 0 saturated carbocycles. The van der Waals surface area contributed by atoms with Crippen LogP contribution in [-0.4, -0.2) is 76.5 Å². The summed E-state index contributed by atoms with van der Waals surface area (Å²) in [5, 5.41) is 4.40. The number of unbranched alkanes of at least 4 members (excludes halogenated alkanes) is 1. The number of benzene rings is 3. The summed E-state index contributed by atoms with van der Waals surface area (Å²) in [4.78, 5) is 33.4. The Kier molecular flexibility index (Phi) is 11.5. The van der Waals surface area contributed by atoms with Gasteiger partial charge in [-0.15, -0.1) is 11.3 Å². The van der Waals surface area contributed by atoms with Crippen molar-refractivity contribution in [1.82, 2.24) is 24.8 Å². The molecule has 2 fully saturated rings. The molecule has 11 heteroatoms. The molecule has 0 atom stereocenters. The second-order valence-corrected chi connectivity index (χ2v) is 14.3. The van der Waals surface area contributed by atoms with E-state index in [1.165, 1.54) is 24.5 Å². The van der Waals surface area contributed by atoms with Crippen molar-refractivity contribution in [3.63, 3.8) is 0 Å². The largest absolute Gasteiger partial charge is 0.379 e. The Morgan fingerprint density at radius 1 is 0.843 bits per heavy atom. The van der Waals surface area contributed by atoms with Crippen LogP contribution in [0.15, 0.2) is 79.0 Å². The fourth-order valence-corrected chi connectivity index (χ4v) is 7.86. The maximum Gasteiger partial charge on any atom is 0.227 e. The molecule has 0 aliphatic carbocycles. The number of nitrogens with one attached hydrogen (secondary N) is 1. The van der Waals surface area contributed by atoms with Gasteiger partial charge in [-0.3, -0.25) is 14.6 Å². The average molecular weight is 709 g/mol. The number of ether oxygens (including phenoxy) is 1. The molecule has 2 aliphatic heterocycles. The minimum atomic E-state index is -0.859. The third-order valence-corrected chi connectivity index (χ3v) is 10.5. The molecular weight excluding hydrogens is 667 g/mol. The predicted molar refractivity (Wildman–Crippen MR) is 197 cm³/mol. The van der Waals surface area contributed by atoms with Gasteiger partial charge in [0, 0.05) is 43.5 Å². The van der Waals surface area contributed by atoms with E-state index >= 15 is 0 Å². The van der Waals surface area contributed by atoms with Crippen LogP contribution in [0.4, 0.5) is 20.4 Å². The highest BCUT2D eigenvalue weighted by Gasteiger charge is 2.21. The highest BCUT2D eigenvalue weighted by Crippen LogP contribution is 2.37. The number of anilines is 2. The van der Waals surface area contributed by atoms with Crippen LogP contribution in [0.1, 0.15) is 52.2 Å². The highest BCUT2D eigenvalue weighted by atomic mass is 32.1. The summed E-state index contributed by atoms with van der Waals surface area (Å²) in [5.74, 6) is -1.84. The van der Waals surface area contributed by atoms with Gasteiger partial charge >= 0.3 is 0 Å². The Labute approximate surface area is 301 Å². The highest BCUT2D eigenvalue weighted by molar-refractivity contribution is 7.15. The number of hydrogen-bond donors (Lipinski definition) is 1. The second-order valence-electron chi connectivity index (χ2n) is 13.2. The quantitative estimate of drug-likeness (QED) is 0.0920. The molecule has 4 heterocycles. The summed E-state index contributed by atoms with van der Waals surface area (Å²) >= 11 is 1.61. The molecule has 2 aromatic heterocycles. The first-order chi connectivity index (χ1) is 25.0. The van der Waals surface area contributed by atoms with Crippen LogP contribution in [0.5, 0.6) is 0 Å². The van der Waals surface area contributed by atoms with Crippen LogP contribution in [0, 0.1) is 11.6 Å². The van der Waals surface area contributed by atoms with Crippen molar-refractivity contribution >= 4 is 28.8 Å². The lowest BCUT2D eigenvalue weighted by Gasteiger charge is -2.26. The molecule has 0 unspecified atom stereocenters. The Bertz CT molecular complexity index is 1940. The maximum atomic E-state index is 14.4. The number of Topliss-reactive ketones (excluding diaryl/α,β-unsaturated/α-hetero) is 1. The summed E-state index contributed by atoms with van der Waals surface area (Å²) in [6.45, 7) is 7.76. The maximum absolute atomic E-state index is 14.4. The lowest BCUT2D eigenvalue weighted by Crippen LogP contribution is -2.36. The van der Waals surface area contributed by atoms with Gasteiger partial charge in [0.25, 0.3) is 0 Å². The zero-order chi connectivity index (χ0) is 35.0. The monoisotopic (exact) mass is 708 g/mol. The Balaban J connectivity index is 1.13. The number of ketones is 1. The number of carbonyl (C=O) groups is 1. The van der Waals surface area contributed by atoms with E-state index in [4.69, 9.17) is 14.7 Å². The van der Waals surface area contributed by atoms with Gasteiger partial charge in [0.05, 0.1) is 40.0 Å². The van der Waals surface area contributed by atoms with Crippen LogP contribution in [-0.2, 0) is 24.1 Å². The lowest BCUT2D eigenvalue weighted by molar-refractivity contribution is 0.0372. The summed E-state index contributed by atoms with van der Waals surface area (Å²) in [6, 6.07) is 21.2. The molecule has 2 aliphatic rings. The van der Waals surface area contributed by atoms with Gasteiger partial charge in [0.1, 0.15) is 11.6 Å². The molecule has 7 rings (SSSR count). The van der Waals surface area contributed by atoms with Gasteiger partial charge in [-0.05, 0) is 99.3 Å². The summed E-state index contributed by atoms with van der Waals surface area (Å²) in [7, 11) is 0. The normalized spacial score (nSPS) is 15.3. The van der Waals surface area contributed by atoms with Crippen LogP contribution in [0.2, 0.25) is 0 Å². The Morgan fingerprint density at radius 3 is 2.43 bits per heavy atom. The zero-order valence-corrected chi connectivity index (χ0v) is 29.4. The topological polar surface area (TPSA) is 83.5 Å². The third kappa shape index (κ3) is 9.09. The number of likely N-dealkylation sites (tertiary alicyclic amines) is 1. The molecule has 1 N–H and O–H groups in total. The first-order valence-corrected chi connectivity index (χ1v) is 18.6. The standard InChI is InChI=1S/C40H42F2N6O2S/c41-32-12-7-13-33(42)37(32)35(49)26-28-8-5-10-30(24-28)38-39(51-36(46-38)14-1-2-17-47-20-22-50-23-21-47)34-15-16-43-40(45-34)44-31-11-6-9-29(25-31)27-48-18-3-4-19-48/h5-13,15-16,24-25H,1-4,14,17-23,26-27H2,(H,43,44,45). The lowest BCUT2D eigenvalue weighted by atomic mass is 9.99. The van der Waals surface area contributed by atoms with E-state index in [0.29, 0.717) is 11.5 Å². The number of halogens is 2. The first-order valence-electron chi connectivity index (χ1n) is 17.8. The summed E-state index contributed by atoms with van der Waals surface area (Å²) in [5.41, 5.74) is 4.61. The molecule has 264 valence electrons. The van der Waals surface area contributed by atoms with Crippen molar-refractivity contribution in [3.05, 3.63) is 112 Å². The minimum absolute atomic E-state index is 0.141. The van der Waals surface area contributed by atoms with Crippen LogP contribution in [0.3, 0.4) is 0 Å².